The SMILES string of the molecule is CCn1cc(N2CCC(N)CC2C)cn1. The summed E-state index contributed by atoms with van der Waals surface area (Å²) < 4.78 is 1.97. The Morgan fingerprint density at radius 1 is 1.60 bits per heavy atom. The Hall–Kier alpha value is -1.03. The first kappa shape index (κ1) is 10.5. The van der Waals surface area contributed by atoms with Crippen LogP contribution in [0.4, 0.5) is 5.69 Å². The Balaban J connectivity index is 2.09. The molecule has 1 saturated heterocycles. The Morgan fingerprint density at radius 2 is 2.40 bits per heavy atom. The van der Waals surface area contributed by atoms with Crippen molar-refractivity contribution in [3.05, 3.63) is 12.4 Å². The molecule has 1 aromatic rings. The van der Waals surface area contributed by atoms with Crippen molar-refractivity contribution in [2.75, 3.05) is 11.4 Å². The van der Waals surface area contributed by atoms with Gasteiger partial charge in [0.05, 0.1) is 11.9 Å². The molecule has 0 bridgehead atoms. The Kier molecular flexibility index (Phi) is 2.95. The van der Waals surface area contributed by atoms with Gasteiger partial charge in [0, 0.05) is 31.4 Å². The van der Waals surface area contributed by atoms with Crippen molar-refractivity contribution in [1.82, 2.24) is 9.78 Å². The van der Waals surface area contributed by atoms with E-state index in [0.29, 0.717) is 12.1 Å². The molecule has 0 amide bonds. The number of rotatable bonds is 2. The molecule has 1 aliphatic heterocycles. The summed E-state index contributed by atoms with van der Waals surface area (Å²) in [6, 6.07) is 0.903. The van der Waals surface area contributed by atoms with Crippen LogP contribution in [-0.2, 0) is 6.54 Å². The zero-order chi connectivity index (χ0) is 10.8. The van der Waals surface area contributed by atoms with Gasteiger partial charge in [0.25, 0.3) is 0 Å². The number of anilines is 1. The van der Waals surface area contributed by atoms with Gasteiger partial charge in [-0.05, 0) is 26.7 Å². The summed E-state index contributed by atoms with van der Waals surface area (Å²) in [5.41, 5.74) is 7.18. The highest BCUT2D eigenvalue weighted by Gasteiger charge is 2.23. The van der Waals surface area contributed by atoms with Crippen molar-refractivity contribution in [2.24, 2.45) is 5.73 Å². The van der Waals surface area contributed by atoms with Crippen molar-refractivity contribution < 1.29 is 0 Å². The second-order valence-corrected chi connectivity index (χ2v) is 4.38. The first-order valence-corrected chi connectivity index (χ1v) is 5.75. The summed E-state index contributed by atoms with van der Waals surface area (Å²) in [6.07, 6.45) is 6.24. The van der Waals surface area contributed by atoms with Crippen molar-refractivity contribution in [3.63, 3.8) is 0 Å². The minimum absolute atomic E-state index is 0.373. The normalized spacial score (nSPS) is 27.0. The lowest BCUT2D eigenvalue weighted by molar-refractivity contribution is 0.429. The number of nitrogens with zero attached hydrogens (tertiary/aromatic N) is 3. The molecular weight excluding hydrogens is 188 g/mol. The van der Waals surface area contributed by atoms with Crippen molar-refractivity contribution in [3.8, 4) is 0 Å². The van der Waals surface area contributed by atoms with Crippen molar-refractivity contribution in [2.45, 2.75) is 45.3 Å². The molecule has 1 aromatic heterocycles. The molecular formula is C11H20N4. The van der Waals surface area contributed by atoms with Crippen LogP contribution in [0.5, 0.6) is 0 Å². The van der Waals surface area contributed by atoms with E-state index in [9.17, 15) is 0 Å². The first-order chi connectivity index (χ1) is 7.20. The van der Waals surface area contributed by atoms with Crippen LogP contribution < -0.4 is 10.6 Å². The third-order valence-electron chi connectivity index (χ3n) is 3.19. The number of hydrogen-bond acceptors (Lipinski definition) is 3. The second-order valence-electron chi connectivity index (χ2n) is 4.38. The minimum atomic E-state index is 0.373. The second kappa shape index (κ2) is 4.23. The molecule has 2 heterocycles. The van der Waals surface area contributed by atoms with Gasteiger partial charge in [0.15, 0.2) is 0 Å². The van der Waals surface area contributed by atoms with Crippen LogP contribution in [0.2, 0.25) is 0 Å². The summed E-state index contributed by atoms with van der Waals surface area (Å²) in [7, 11) is 0. The average molecular weight is 208 g/mol. The van der Waals surface area contributed by atoms with E-state index in [1.165, 1.54) is 5.69 Å². The van der Waals surface area contributed by atoms with Crippen LogP contribution in [0.3, 0.4) is 0 Å². The predicted molar refractivity (Wildman–Crippen MR) is 61.9 cm³/mol. The van der Waals surface area contributed by atoms with Crippen molar-refractivity contribution >= 4 is 5.69 Å². The number of aryl methyl sites for hydroxylation is 1. The van der Waals surface area contributed by atoms with Gasteiger partial charge in [-0.2, -0.15) is 5.10 Å². The molecule has 2 unspecified atom stereocenters. The molecule has 4 nitrogen and oxygen atoms in total. The molecule has 2 rings (SSSR count). The van der Waals surface area contributed by atoms with Gasteiger partial charge in [0.1, 0.15) is 0 Å². The summed E-state index contributed by atoms with van der Waals surface area (Å²) in [4.78, 5) is 2.41. The lowest BCUT2D eigenvalue weighted by atomic mass is 9.99. The topological polar surface area (TPSA) is 47.1 Å². The lowest BCUT2D eigenvalue weighted by Crippen LogP contribution is -2.45. The Bertz CT molecular complexity index is 320. The minimum Gasteiger partial charge on any atom is -0.366 e. The van der Waals surface area contributed by atoms with Gasteiger partial charge < -0.3 is 10.6 Å². The van der Waals surface area contributed by atoms with Crippen LogP contribution in [0.25, 0.3) is 0 Å². The molecule has 4 heteroatoms. The van der Waals surface area contributed by atoms with E-state index >= 15 is 0 Å². The van der Waals surface area contributed by atoms with Crippen LogP contribution in [-0.4, -0.2) is 28.4 Å². The maximum atomic E-state index is 5.95. The van der Waals surface area contributed by atoms with E-state index in [2.05, 4.69) is 30.0 Å². The molecule has 0 saturated carbocycles. The molecule has 2 N–H and O–H groups in total. The van der Waals surface area contributed by atoms with E-state index in [1.54, 1.807) is 0 Å². The third kappa shape index (κ3) is 2.15. The molecule has 84 valence electrons. The maximum Gasteiger partial charge on any atom is 0.0754 e. The molecule has 1 fully saturated rings. The molecule has 0 aliphatic carbocycles. The Labute approximate surface area is 91.1 Å². The smallest absolute Gasteiger partial charge is 0.0754 e. The van der Waals surface area contributed by atoms with Crippen LogP contribution >= 0.6 is 0 Å². The number of hydrogen-bond donors (Lipinski definition) is 1. The standard InChI is InChI=1S/C11H20N4/c1-3-14-8-11(7-13-14)15-5-4-10(12)6-9(15)2/h7-10H,3-6,12H2,1-2H3. The number of aromatic nitrogens is 2. The highest BCUT2D eigenvalue weighted by molar-refractivity contribution is 5.44. The zero-order valence-electron chi connectivity index (χ0n) is 9.56. The highest BCUT2D eigenvalue weighted by atomic mass is 15.3. The fourth-order valence-corrected chi connectivity index (χ4v) is 2.27. The number of nitrogens with two attached hydrogens (primary N) is 1. The van der Waals surface area contributed by atoms with Crippen LogP contribution in [0.15, 0.2) is 12.4 Å². The number of piperidine rings is 1. The predicted octanol–water partition coefficient (Wildman–Crippen LogP) is 1.22. The van der Waals surface area contributed by atoms with Gasteiger partial charge in [-0.3, -0.25) is 4.68 Å². The summed E-state index contributed by atoms with van der Waals surface area (Å²) in [5.74, 6) is 0. The molecule has 0 spiro atoms. The third-order valence-corrected chi connectivity index (χ3v) is 3.19. The summed E-state index contributed by atoms with van der Waals surface area (Å²) in [6.45, 7) is 6.33. The molecule has 0 aromatic carbocycles. The largest absolute Gasteiger partial charge is 0.366 e. The fourth-order valence-electron chi connectivity index (χ4n) is 2.27. The lowest BCUT2D eigenvalue weighted by Gasteiger charge is -2.37. The van der Waals surface area contributed by atoms with Gasteiger partial charge >= 0.3 is 0 Å². The van der Waals surface area contributed by atoms with E-state index in [4.69, 9.17) is 5.73 Å². The first-order valence-electron chi connectivity index (χ1n) is 5.75. The molecule has 2 atom stereocenters. The molecule has 0 radical (unpaired) electrons. The Morgan fingerprint density at radius 3 is 3.00 bits per heavy atom. The van der Waals surface area contributed by atoms with E-state index in [1.807, 2.05) is 10.9 Å². The van der Waals surface area contributed by atoms with Crippen LogP contribution in [0.1, 0.15) is 26.7 Å². The monoisotopic (exact) mass is 208 g/mol. The van der Waals surface area contributed by atoms with E-state index in [0.717, 1.165) is 25.9 Å². The van der Waals surface area contributed by atoms with Gasteiger partial charge in [0.2, 0.25) is 0 Å². The zero-order valence-corrected chi connectivity index (χ0v) is 9.56. The highest BCUT2D eigenvalue weighted by Crippen LogP contribution is 2.23. The van der Waals surface area contributed by atoms with Gasteiger partial charge in [-0.15, -0.1) is 0 Å². The quantitative estimate of drug-likeness (QED) is 0.795. The fraction of sp³-hybridized carbons (Fsp3) is 0.727. The maximum absolute atomic E-state index is 5.95. The van der Waals surface area contributed by atoms with Crippen molar-refractivity contribution in [1.29, 1.82) is 0 Å². The average Bonchev–Trinajstić information content (AvgIpc) is 2.66. The van der Waals surface area contributed by atoms with Gasteiger partial charge in [-0.25, -0.2) is 0 Å². The van der Waals surface area contributed by atoms with Gasteiger partial charge in [-0.1, -0.05) is 0 Å². The van der Waals surface area contributed by atoms with Crippen LogP contribution in [0, 0.1) is 0 Å². The van der Waals surface area contributed by atoms with E-state index < -0.39 is 0 Å². The molecule has 1 aliphatic rings. The molecule has 15 heavy (non-hydrogen) atoms. The summed E-state index contributed by atoms with van der Waals surface area (Å²) >= 11 is 0. The van der Waals surface area contributed by atoms with E-state index in [-0.39, 0.29) is 0 Å². The summed E-state index contributed by atoms with van der Waals surface area (Å²) in [5, 5.41) is 4.31.